The molecule has 2 aromatic heterocycles. The number of fused-ring (bicyclic) bond motifs is 1. The quantitative estimate of drug-likeness (QED) is 0.718. The number of aromatic nitrogens is 2. The van der Waals surface area contributed by atoms with Crippen molar-refractivity contribution in [1.82, 2.24) is 10.1 Å². The predicted octanol–water partition coefficient (Wildman–Crippen LogP) is 0.342. The fraction of sp³-hybridized carbons (Fsp3) is 0.400. The van der Waals surface area contributed by atoms with E-state index in [1.807, 2.05) is 0 Å². The van der Waals surface area contributed by atoms with E-state index in [-0.39, 0.29) is 6.04 Å². The molecule has 0 radical (unpaired) electrons. The van der Waals surface area contributed by atoms with Crippen molar-refractivity contribution in [2.75, 3.05) is 23.7 Å². The summed E-state index contributed by atoms with van der Waals surface area (Å²) in [6.07, 6.45) is 2.69. The molecule has 2 aromatic rings. The fourth-order valence-electron chi connectivity index (χ4n) is 2.08. The summed E-state index contributed by atoms with van der Waals surface area (Å²) in [5, 5.41) is 4.56. The molecule has 4 N–H and O–H groups in total. The van der Waals surface area contributed by atoms with Crippen LogP contribution in [0.25, 0.3) is 11.0 Å². The van der Waals surface area contributed by atoms with E-state index < -0.39 is 0 Å². The van der Waals surface area contributed by atoms with E-state index in [2.05, 4.69) is 15.0 Å². The number of hydrogen-bond donors (Lipinski definition) is 2. The van der Waals surface area contributed by atoms with Gasteiger partial charge in [-0.3, -0.25) is 0 Å². The molecule has 1 atom stereocenters. The monoisotopic (exact) mass is 219 g/mol. The predicted molar refractivity (Wildman–Crippen MR) is 61.0 cm³/mol. The summed E-state index contributed by atoms with van der Waals surface area (Å²) in [5.41, 5.74) is 12.2. The van der Waals surface area contributed by atoms with Crippen molar-refractivity contribution in [3.8, 4) is 0 Å². The molecule has 6 nitrogen and oxygen atoms in total. The first kappa shape index (κ1) is 9.41. The maximum atomic E-state index is 5.87. The summed E-state index contributed by atoms with van der Waals surface area (Å²) in [4.78, 5) is 6.43. The first-order chi connectivity index (χ1) is 7.75. The van der Waals surface area contributed by atoms with Gasteiger partial charge in [0.2, 0.25) is 5.58 Å². The van der Waals surface area contributed by atoms with Crippen molar-refractivity contribution in [1.29, 1.82) is 0 Å². The highest BCUT2D eigenvalue weighted by atomic mass is 16.5. The molecule has 3 heterocycles. The Morgan fingerprint density at radius 1 is 1.50 bits per heavy atom. The zero-order valence-corrected chi connectivity index (χ0v) is 8.76. The number of anilines is 2. The molecule has 84 valence electrons. The van der Waals surface area contributed by atoms with Crippen molar-refractivity contribution in [3.05, 3.63) is 12.3 Å². The number of rotatable bonds is 1. The summed E-state index contributed by atoms with van der Waals surface area (Å²) in [6.45, 7) is 1.70. The van der Waals surface area contributed by atoms with Gasteiger partial charge in [-0.05, 0) is 12.5 Å². The molecule has 0 saturated carbocycles. The summed E-state index contributed by atoms with van der Waals surface area (Å²) in [5.74, 6) is 1.19. The lowest BCUT2D eigenvalue weighted by atomic mass is 10.3. The van der Waals surface area contributed by atoms with Crippen LogP contribution in [0.15, 0.2) is 16.8 Å². The van der Waals surface area contributed by atoms with Gasteiger partial charge in [0, 0.05) is 25.3 Å². The Morgan fingerprint density at radius 2 is 2.38 bits per heavy atom. The second-order valence-corrected chi connectivity index (χ2v) is 4.07. The van der Waals surface area contributed by atoms with Crippen LogP contribution in [0.2, 0.25) is 0 Å². The van der Waals surface area contributed by atoms with Crippen molar-refractivity contribution >= 4 is 22.6 Å². The molecule has 1 aliphatic rings. The van der Waals surface area contributed by atoms with Crippen molar-refractivity contribution in [3.63, 3.8) is 0 Å². The highest BCUT2D eigenvalue weighted by Crippen LogP contribution is 2.29. The summed E-state index contributed by atoms with van der Waals surface area (Å²) in [7, 11) is 0. The second-order valence-electron chi connectivity index (χ2n) is 4.07. The largest absolute Gasteiger partial charge is 0.380 e. The van der Waals surface area contributed by atoms with Crippen molar-refractivity contribution < 1.29 is 4.52 Å². The molecule has 1 aliphatic heterocycles. The summed E-state index contributed by atoms with van der Waals surface area (Å²) >= 11 is 0. The Balaban J connectivity index is 2.09. The number of nitrogens with zero attached hydrogens (tertiary/aromatic N) is 3. The number of pyridine rings is 1. The molecule has 1 saturated heterocycles. The van der Waals surface area contributed by atoms with Crippen LogP contribution in [0.3, 0.4) is 0 Å². The molecule has 0 amide bonds. The molecular weight excluding hydrogens is 206 g/mol. The Hall–Kier alpha value is -1.82. The molecule has 0 bridgehead atoms. The van der Waals surface area contributed by atoms with E-state index in [0.717, 1.165) is 30.7 Å². The van der Waals surface area contributed by atoms with E-state index in [4.69, 9.17) is 16.0 Å². The molecule has 3 rings (SSSR count). The van der Waals surface area contributed by atoms with Crippen molar-refractivity contribution in [2.45, 2.75) is 12.5 Å². The van der Waals surface area contributed by atoms with Crippen LogP contribution in [0.5, 0.6) is 0 Å². The standard InChI is InChI=1S/C10H13N5O/c11-6-2-4-15(5-6)10-8-7(1-3-13-10)9(12)14-16-8/h1,3,6H,2,4-5,11H2,(H2,12,14). The molecule has 0 aliphatic carbocycles. The lowest BCUT2D eigenvalue weighted by Crippen LogP contribution is -2.26. The van der Waals surface area contributed by atoms with Gasteiger partial charge in [0.25, 0.3) is 0 Å². The highest BCUT2D eigenvalue weighted by Gasteiger charge is 2.23. The molecular formula is C10H13N5O. The Morgan fingerprint density at radius 3 is 3.12 bits per heavy atom. The van der Waals surface area contributed by atoms with E-state index >= 15 is 0 Å². The number of hydrogen-bond acceptors (Lipinski definition) is 6. The van der Waals surface area contributed by atoms with Crippen LogP contribution in [-0.2, 0) is 0 Å². The van der Waals surface area contributed by atoms with Gasteiger partial charge in [-0.1, -0.05) is 5.16 Å². The third-order valence-corrected chi connectivity index (χ3v) is 2.92. The lowest BCUT2D eigenvalue weighted by molar-refractivity contribution is 0.459. The first-order valence-corrected chi connectivity index (χ1v) is 5.26. The fourth-order valence-corrected chi connectivity index (χ4v) is 2.08. The first-order valence-electron chi connectivity index (χ1n) is 5.26. The third-order valence-electron chi connectivity index (χ3n) is 2.92. The molecule has 16 heavy (non-hydrogen) atoms. The minimum Gasteiger partial charge on any atom is -0.380 e. The zero-order chi connectivity index (χ0) is 11.1. The van der Waals surface area contributed by atoms with Gasteiger partial charge in [-0.2, -0.15) is 0 Å². The van der Waals surface area contributed by atoms with Crippen molar-refractivity contribution in [2.24, 2.45) is 5.73 Å². The summed E-state index contributed by atoms with van der Waals surface area (Å²) in [6, 6.07) is 2.01. The average Bonchev–Trinajstić information content (AvgIpc) is 2.86. The van der Waals surface area contributed by atoms with E-state index in [9.17, 15) is 0 Å². The van der Waals surface area contributed by atoms with Gasteiger partial charge in [0.1, 0.15) is 0 Å². The van der Waals surface area contributed by atoms with Crippen LogP contribution < -0.4 is 16.4 Å². The van der Waals surface area contributed by atoms with Crippen LogP contribution in [0.4, 0.5) is 11.6 Å². The zero-order valence-electron chi connectivity index (χ0n) is 8.76. The lowest BCUT2D eigenvalue weighted by Gasteiger charge is -2.15. The number of nitrogens with two attached hydrogens (primary N) is 2. The molecule has 0 spiro atoms. The molecule has 1 unspecified atom stereocenters. The Kier molecular flexibility index (Phi) is 1.97. The van der Waals surface area contributed by atoms with Gasteiger partial charge < -0.3 is 20.9 Å². The van der Waals surface area contributed by atoms with Gasteiger partial charge >= 0.3 is 0 Å². The second kappa shape index (κ2) is 3.34. The minimum atomic E-state index is 0.206. The van der Waals surface area contributed by atoms with Gasteiger partial charge in [-0.25, -0.2) is 4.98 Å². The van der Waals surface area contributed by atoms with Crippen LogP contribution >= 0.6 is 0 Å². The van der Waals surface area contributed by atoms with Crippen LogP contribution in [0, 0.1) is 0 Å². The van der Waals surface area contributed by atoms with Crippen LogP contribution in [0.1, 0.15) is 6.42 Å². The van der Waals surface area contributed by atoms with Gasteiger partial charge in [-0.15, -0.1) is 0 Å². The Bertz CT molecular complexity index is 523. The topological polar surface area (TPSA) is 94.2 Å². The summed E-state index contributed by atoms with van der Waals surface area (Å²) < 4.78 is 5.21. The maximum absolute atomic E-state index is 5.87. The van der Waals surface area contributed by atoms with Gasteiger partial charge in [0.15, 0.2) is 11.6 Å². The molecule has 6 heteroatoms. The minimum absolute atomic E-state index is 0.206. The maximum Gasteiger partial charge on any atom is 0.211 e. The van der Waals surface area contributed by atoms with Gasteiger partial charge in [0.05, 0.1) is 5.39 Å². The smallest absolute Gasteiger partial charge is 0.211 e. The van der Waals surface area contributed by atoms with E-state index in [1.54, 1.807) is 12.3 Å². The average molecular weight is 219 g/mol. The highest BCUT2D eigenvalue weighted by molar-refractivity contribution is 5.93. The SMILES string of the molecule is Nc1noc2c(N3CCC(N)C3)nccc12. The van der Waals surface area contributed by atoms with E-state index in [0.29, 0.717) is 11.4 Å². The number of nitrogen functional groups attached to an aromatic ring is 1. The molecule has 1 fully saturated rings. The van der Waals surface area contributed by atoms with E-state index in [1.165, 1.54) is 0 Å². The Labute approximate surface area is 92.2 Å². The third kappa shape index (κ3) is 1.30. The normalized spacial score (nSPS) is 20.8. The van der Waals surface area contributed by atoms with Crippen LogP contribution in [-0.4, -0.2) is 29.3 Å². The molecule has 0 aromatic carbocycles.